The molecule has 0 radical (unpaired) electrons. The summed E-state index contributed by atoms with van der Waals surface area (Å²) in [4.78, 5) is 19.8. The number of nitrogens with one attached hydrogen (secondary N) is 1. The Kier molecular flexibility index (Phi) is 6.29. The number of carbonyl (C=O) groups is 1. The number of allylic oxidation sites excluding steroid dienone is 1. The van der Waals surface area contributed by atoms with Crippen molar-refractivity contribution < 1.29 is 14.1 Å². The highest BCUT2D eigenvalue weighted by Crippen LogP contribution is 2.39. The second-order valence-electron chi connectivity index (χ2n) is 8.80. The Bertz CT molecular complexity index is 1420. The number of nitrogens with zero attached hydrogens (tertiary/aromatic N) is 3. The summed E-state index contributed by atoms with van der Waals surface area (Å²) in [6.45, 7) is 6.05. The van der Waals surface area contributed by atoms with Gasteiger partial charge in [-0.1, -0.05) is 72.2 Å². The Hall–Kier alpha value is -4.39. The minimum Gasteiger partial charge on any atom is -0.497 e. The number of hydrogen-bond donors (Lipinski definition) is 1. The summed E-state index contributed by atoms with van der Waals surface area (Å²) < 4.78 is 11.2. The molecule has 0 saturated carbocycles. The van der Waals surface area contributed by atoms with Crippen LogP contribution in [0.4, 0.5) is 10.5 Å². The van der Waals surface area contributed by atoms with Crippen LogP contribution in [0.25, 0.3) is 17.0 Å². The number of ether oxygens (including phenoxy) is 1. The summed E-state index contributed by atoms with van der Waals surface area (Å²) in [5.41, 5.74) is 6.31. The fourth-order valence-electron chi connectivity index (χ4n) is 4.43. The number of benzene rings is 3. The molecule has 7 nitrogen and oxygen atoms in total. The summed E-state index contributed by atoms with van der Waals surface area (Å²) in [6, 6.07) is 22.9. The summed E-state index contributed by atoms with van der Waals surface area (Å²) in [5, 5.41) is 7.41. The molecule has 0 bridgehead atoms. The van der Waals surface area contributed by atoms with Crippen LogP contribution in [0.1, 0.15) is 42.5 Å². The molecule has 0 fully saturated rings. The first-order valence-corrected chi connectivity index (χ1v) is 11.9. The molecule has 1 atom stereocenters. The van der Waals surface area contributed by atoms with E-state index < -0.39 is 6.04 Å². The van der Waals surface area contributed by atoms with Crippen molar-refractivity contribution in [1.82, 2.24) is 15.5 Å². The smallest absolute Gasteiger partial charge is 0.327 e. The van der Waals surface area contributed by atoms with Crippen molar-refractivity contribution in [2.45, 2.75) is 33.2 Å². The van der Waals surface area contributed by atoms with Gasteiger partial charge in [-0.3, -0.25) is 4.90 Å². The second kappa shape index (κ2) is 9.70. The van der Waals surface area contributed by atoms with Crippen molar-refractivity contribution >= 4 is 17.3 Å². The van der Waals surface area contributed by atoms with E-state index in [1.165, 1.54) is 5.56 Å². The van der Waals surface area contributed by atoms with E-state index in [0.717, 1.165) is 28.7 Å². The van der Waals surface area contributed by atoms with E-state index in [-0.39, 0.29) is 6.03 Å². The van der Waals surface area contributed by atoms with Crippen LogP contribution in [0.5, 0.6) is 5.75 Å². The summed E-state index contributed by atoms with van der Waals surface area (Å²) >= 11 is 0. The van der Waals surface area contributed by atoms with E-state index in [9.17, 15) is 4.79 Å². The van der Waals surface area contributed by atoms with Crippen LogP contribution in [0, 0.1) is 6.92 Å². The first-order valence-electron chi connectivity index (χ1n) is 11.9. The van der Waals surface area contributed by atoms with Gasteiger partial charge in [-0.25, -0.2) is 4.79 Å². The zero-order chi connectivity index (χ0) is 25.2. The van der Waals surface area contributed by atoms with Crippen molar-refractivity contribution in [2.75, 3.05) is 12.0 Å². The highest BCUT2D eigenvalue weighted by atomic mass is 16.5. The third kappa shape index (κ3) is 4.35. The van der Waals surface area contributed by atoms with Crippen LogP contribution in [0.15, 0.2) is 83.0 Å². The molecular formula is C29H28N4O3. The number of amides is 2. The Balaban J connectivity index is 1.64. The summed E-state index contributed by atoms with van der Waals surface area (Å²) in [6.07, 6.45) is 0.937. The van der Waals surface area contributed by atoms with Gasteiger partial charge in [0.15, 0.2) is 0 Å². The number of hydrogen-bond acceptors (Lipinski definition) is 5. The third-order valence-electron chi connectivity index (χ3n) is 6.48. The molecule has 36 heavy (non-hydrogen) atoms. The van der Waals surface area contributed by atoms with Gasteiger partial charge in [-0.05, 0) is 43.5 Å². The van der Waals surface area contributed by atoms with Gasteiger partial charge in [0.05, 0.1) is 24.4 Å². The van der Waals surface area contributed by atoms with Crippen molar-refractivity contribution in [1.29, 1.82) is 0 Å². The SMILES string of the molecule is CCc1ccc(C2NC(=O)N(c3cccc(OC)c3)C(C)=C2c2nc(-c3ccc(C)cc3)no2)cc1. The molecule has 1 aromatic heterocycles. The van der Waals surface area contributed by atoms with Crippen LogP contribution in [0.3, 0.4) is 0 Å². The molecule has 7 heteroatoms. The van der Waals surface area contributed by atoms with Gasteiger partial charge in [0.25, 0.3) is 5.89 Å². The van der Waals surface area contributed by atoms with E-state index in [1.54, 1.807) is 12.0 Å². The van der Waals surface area contributed by atoms with Gasteiger partial charge >= 0.3 is 6.03 Å². The van der Waals surface area contributed by atoms with E-state index in [0.29, 0.717) is 28.8 Å². The lowest BCUT2D eigenvalue weighted by Gasteiger charge is -2.35. The van der Waals surface area contributed by atoms with E-state index >= 15 is 0 Å². The molecule has 4 aromatic rings. The maximum absolute atomic E-state index is 13.4. The zero-order valence-electron chi connectivity index (χ0n) is 20.8. The highest BCUT2D eigenvalue weighted by Gasteiger charge is 2.36. The summed E-state index contributed by atoms with van der Waals surface area (Å²) in [5.74, 6) is 1.52. The lowest BCUT2D eigenvalue weighted by Crippen LogP contribution is -2.46. The van der Waals surface area contributed by atoms with Gasteiger partial charge in [0.1, 0.15) is 5.75 Å². The van der Waals surface area contributed by atoms with Gasteiger partial charge in [0, 0.05) is 17.3 Å². The molecular weight excluding hydrogens is 452 g/mol. The lowest BCUT2D eigenvalue weighted by molar-refractivity contribution is 0.244. The molecule has 0 spiro atoms. The average Bonchev–Trinajstić information content (AvgIpc) is 3.38. The molecule has 0 aliphatic carbocycles. The van der Waals surface area contributed by atoms with Crippen molar-refractivity contribution in [3.63, 3.8) is 0 Å². The van der Waals surface area contributed by atoms with E-state index in [1.807, 2.05) is 74.5 Å². The average molecular weight is 481 g/mol. The Morgan fingerprint density at radius 2 is 1.78 bits per heavy atom. The van der Waals surface area contributed by atoms with Crippen molar-refractivity contribution in [3.8, 4) is 17.1 Å². The molecule has 1 N–H and O–H groups in total. The van der Waals surface area contributed by atoms with Crippen LogP contribution < -0.4 is 15.0 Å². The largest absolute Gasteiger partial charge is 0.497 e. The zero-order valence-corrected chi connectivity index (χ0v) is 20.8. The third-order valence-corrected chi connectivity index (χ3v) is 6.48. The topological polar surface area (TPSA) is 80.5 Å². The first kappa shape index (κ1) is 23.4. The molecule has 2 amide bonds. The predicted molar refractivity (Wildman–Crippen MR) is 140 cm³/mol. The Morgan fingerprint density at radius 3 is 2.47 bits per heavy atom. The molecule has 1 aliphatic heterocycles. The number of aromatic nitrogens is 2. The normalized spacial score (nSPS) is 15.7. The van der Waals surface area contributed by atoms with Gasteiger partial charge in [-0.15, -0.1) is 0 Å². The van der Waals surface area contributed by atoms with Crippen LogP contribution in [0.2, 0.25) is 0 Å². The van der Waals surface area contributed by atoms with Crippen molar-refractivity contribution in [3.05, 3.63) is 101 Å². The highest BCUT2D eigenvalue weighted by molar-refractivity contribution is 6.01. The number of rotatable bonds is 6. The van der Waals surface area contributed by atoms with Crippen LogP contribution in [-0.4, -0.2) is 23.3 Å². The maximum atomic E-state index is 13.4. The lowest BCUT2D eigenvalue weighted by atomic mass is 9.93. The standard InChI is InChI=1S/C29H28N4O3/c1-5-20-11-15-21(16-12-20)26-25(28-31-27(32-36-28)22-13-9-18(2)10-14-22)19(3)33(29(34)30-26)23-7-6-8-24(17-23)35-4/h6-17,26H,5H2,1-4H3,(H,30,34). The molecule has 2 heterocycles. The van der Waals surface area contributed by atoms with E-state index in [2.05, 4.69) is 29.5 Å². The first-order chi connectivity index (χ1) is 17.5. The number of methoxy groups -OCH3 is 1. The monoisotopic (exact) mass is 480 g/mol. The fraction of sp³-hybridized carbons (Fsp3) is 0.207. The predicted octanol–water partition coefficient (Wildman–Crippen LogP) is 6.32. The number of aryl methyl sites for hydroxylation is 2. The molecule has 1 aliphatic rings. The van der Waals surface area contributed by atoms with Crippen LogP contribution in [-0.2, 0) is 6.42 Å². The number of anilines is 1. The molecule has 3 aromatic carbocycles. The Labute approximate surface area is 210 Å². The fourth-order valence-corrected chi connectivity index (χ4v) is 4.43. The minimum absolute atomic E-state index is 0.243. The Morgan fingerprint density at radius 1 is 1.03 bits per heavy atom. The molecule has 1 unspecified atom stereocenters. The minimum atomic E-state index is -0.448. The molecule has 182 valence electrons. The quantitative estimate of drug-likeness (QED) is 0.349. The van der Waals surface area contributed by atoms with Gasteiger partial charge in [-0.2, -0.15) is 4.98 Å². The number of carbonyl (C=O) groups excluding carboxylic acids is 1. The van der Waals surface area contributed by atoms with Gasteiger partial charge in [0.2, 0.25) is 5.82 Å². The molecule has 5 rings (SSSR count). The number of urea groups is 1. The maximum Gasteiger partial charge on any atom is 0.327 e. The van der Waals surface area contributed by atoms with E-state index in [4.69, 9.17) is 14.2 Å². The summed E-state index contributed by atoms with van der Waals surface area (Å²) in [7, 11) is 1.60. The second-order valence-corrected chi connectivity index (χ2v) is 8.80. The van der Waals surface area contributed by atoms with Crippen LogP contribution >= 0.6 is 0 Å². The molecule has 0 saturated heterocycles. The van der Waals surface area contributed by atoms with Crippen molar-refractivity contribution in [2.24, 2.45) is 0 Å². The van der Waals surface area contributed by atoms with Gasteiger partial charge < -0.3 is 14.6 Å².